The van der Waals surface area contributed by atoms with Crippen molar-refractivity contribution < 1.29 is 9.47 Å². The minimum atomic E-state index is 0.371. The highest BCUT2D eigenvalue weighted by Crippen LogP contribution is 2.41. The Morgan fingerprint density at radius 3 is 1.38 bits per heavy atom. The van der Waals surface area contributed by atoms with Crippen molar-refractivity contribution in [1.82, 2.24) is 0 Å². The van der Waals surface area contributed by atoms with Crippen LogP contribution in [0.15, 0.2) is 36.4 Å². The zero-order valence-electron chi connectivity index (χ0n) is 15.0. The van der Waals surface area contributed by atoms with Crippen LogP contribution >= 0.6 is 0 Å². The Hall–Kier alpha value is -2.36. The van der Waals surface area contributed by atoms with Gasteiger partial charge in [0.25, 0.3) is 0 Å². The maximum atomic E-state index is 6.11. The molecule has 0 unspecified atom stereocenters. The Balaban J connectivity index is 2.39. The molecule has 0 heterocycles. The standard InChI is InChI=1S/C20H28N2O2/c1-5-15(13-7-9-19(23-3)17(21)11-13)16(6-2)14-8-10-20(24-4)18(22)12-14/h7-12,15-16H,5-6,21-22H2,1-4H3/t15-,16+. The van der Waals surface area contributed by atoms with Crippen LogP contribution in [-0.4, -0.2) is 14.2 Å². The number of hydrogen-bond donors (Lipinski definition) is 2. The van der Waals surface area contributed by atoms with E-state index in [-0.39, 0.29) is 0 Å². The van der Waals surface area contributed by atoms with E-state index in [1.165, 1.54) is 11.1 Å². The molecular formula is C20H28N2O2. The van der Waals surface area contributed by atoms with Gasteiger partial charge >= 0.3 is 0 Å². The molecule has 2 atom stereocenters. The van der Waals surface area contributed by atoms with Gasteiger partial charge in [-0.15, -0.1) is 0 Å². The number of hydrogen-bond acceptors (Lipinski definition) is 4. The smallest absolute Gasteiger partial charge is 0.141 e. The fourth-order valence-corrected chi connectivity index (χ4v) is 3.47. The summed E-state index contributed by atoms with van der Waals surface area (Å²) in [6.45, 7) is 4.42. The molecule has 0 aliphatic carbocycles. The summed E-state index contributed by atoms with van der Waals surface area (Å²) < 4.78 is 10.5. The number of methoxy groups -OCH3 is 2. The van der Waals surface area contributed by atoms with Gasteiger partial charge in [0.1, 0.15) is 11.5 Å². The third kappa shape index (κ3) is 3.58. The molecule has 0 saturated heterocycles. The quantitative estimate of drug-likeness (QED) is 0.731. The van der Waals surface area contributed by atoms with Gasteiger partial charge in [0.2, 0.25) is 0 Å². The molecular weight excluding hydrogens is 300 g/mol. The molecule has 4 nitrogen and oxygen atoms in total. The van der Waals surface area contributed by atoms with Crippen LogP contribution in [0, 0.1) is 0 Å². The van der Waals surface area contributed by atoms with E-state index in [9.17, 15) is 0 Å². The number of ether oxygens (including phenoxy) is 2. The third-order valence-electron chi connectivity index (χ3n) is 4.73. The van der Waals surface area contributed by atoms with Crippen molar-refractivity contribution in [3.8, 4) is 11.5 Å². The molecule has 2 rings (SSSR count). The molecule has 0 bridgehead atoms. The molecule has 130 valence electrons. The van der Waals surface area contributed by atoms with Crippen molar-refractivity contribution in [1.29, 1.82) is 0 Å². The van der Waals surface area contributed by atoms with Gasteiger partial charge in [-0.2, -0.15) is 0 Å². The normalized spacial score (nSPS) is 13.3. The lowest BCUT2D eigenvalue weighted by molar-refractivity contribution is 0.415. The molecule has 2 aromatic carbocycles. The summed E-state index contributed by atoms with van der Waals surface area (Å²) in [4.78, 5) is 0. The Morgan fingerprint density at radius 1 is 0.750 bits per heavy atom. The molecule has 0 amide bonds. The van der Waals surface area contributed by atoms with Gasteiger partial charge in [0, 0.05) is 0 Å². The monoisotopic (exact) mass is 328 g/mol. The minimum Gasteiger partial charge on any atom is -0.495 e. The van der Waals surface area contributed by atoms with Gasteiger partial charge < -0.3 is 20.9 Å². The Labute approximate surface area is 144 Å². The summed E-state index contributed by atoms with van der Waals surface area (Å²) in [5.74, 6) is 2.18. The first-order chi connectivity index (χ1) is 11.5. The van der Waals surface area contributed by atoms with Crippen molar-refractivity contribution in [3.63, 3.8) is 0 Å². The van der Waals surface area contributed by atoms with E-state index in [1.54, 1.807) is 14.2 Å². The number of nitrogens with two attached hydrogens (primary N) is 2. The largest absolute Gasteiger partial charge is 0.495 e. The number of rotatable bonds is 7. The molecule has 0 fully saturated rings. The topological polar surface area (TPSA) is 70.5 Å². The van der Waals surface area contributed by atoms with Crippen LogP contribution < -0.4 is 20.9 Å². The van der Waals surface area contributed by atoms with Crippen molar-refractivity contribution in [3.05, 3.63) is 47.5 Å². The Bertz CT molecular complexity index is 626. The predicted molar refractivity (Wildman–Crippen MR) is 101 cm³/mol. The predicted octanol–water partition coefficient (Wildman–Crippen LogP) is 4.56. The third-order valence-corrected chi connectivity index (χ3v) is 4.73. The first-order valence-electron chi connectivity index (χ1n) is 8.42. The van der Waals surface area contributed by atoms with Crippen LogP contribution in [0.4, 0.5) is 11.4 Å². The van der Waals surface area contributed by atoms with Gasteiger partial charge in [-0.25, -0.2) is 0 Å². The van der Waals surface area contributed by atoms with E-state index in [0.29, 0.717) is 23.2 Å². The fraction of sp³-hybridized carbons (Fsp3) is 0.400. The van der Waals surface area contributed by atoms with Gasteiger partial charge in [-0.3, -0.25) is 0 Å². The summed E-state index contributed by atoms with van der Waals surface area (Å²) >= 11 is 0. The van der Waals surface area contributed by atoms with Gasteiger partial charge in [-0.05, 0) is 60.1 Å². The molecule has 24 heavy (non-hydrogen) atoms. The van der Waals surface area contributed by atoms with Crippen LogP contribution in [0.25, 0.3) is 0 Å². The summed E-state index contributed by atoms with van der Waals surface area (Å²) in [6.07, 6.45) is 2.05. The maximum absolute atomic E-state index is 6.11. The van der Waals surface area contributed by atoms with Crippen molar-refractivity contribution in [2.24, 2.45) is 0 Å². The number of anilines is 2. The highest BCUT2D eigenvalue weighted by atomic mass is 16.5. The molecule has 0 spiro atoms. The SMILES string of the molecule is CC[C@H](c1ccc(OC)c(N)c1)[C@@H](CC)c1ccc(OC)c(N)c1. The molecule has 4 N–H and O–H groups in total. The van der Waals surface area contributed by atoms with Crippen molar-refractivity contribution in [2.75, 3.05) is 25.7 Å². The molecule has 0 aliphatic heterocycles. The Kier molecular flexibility index (Phi) is 5.96. The summed E-state index contributed by atoms with van der Waals surface area (Å²) in [5.41, 5.74) is 16.0. The fourth-order valence-electron chi connectivity index (χ4n) is 3.47. The minimum absolute atomic E-state index is 0.371. The lowest BCUT2D eigenvalue weighted by Crippen LogP contribution is -2.11. The number of benzene rings is 2. The zero-order valence-corrected chi connectivity index (χ0v) is 15.0. The average molecular weight is 328 g/mol. The van der Waals surface area contributed by atoms with Gasteiger partial charge in [-0.1, -0.05) is 26.0 Å². The molecule has 2 aromatic rings. The second-order valence-electron chi connectivity index (χ2n) is 6.03. The zero-order chi connectivity index (χ0) is 17.7. The van der Waals surface area contributed by atoms with E-state index < -0.39 is 0 Å². The highest BCUT2D eigenvalue weighted by molar-refractivity contribution is 5.57. The highest BCUT2D eigenvalue weighted by Gasteiger charge is 2.23. The summed E-state index contributed by atoms with van der Waals surface area (Å²) in [6, 6.07) is 12.2. The van der Waals surface area contributed by atoms with E-state index in [0.717, 1.165) is 24.3 Å². The van der Waals surface area contributed by atoms with E-state index in [1.807, 2.05) is 24.3 Å². The first kappa shape index (κ1) is 18.0. The van der Waals surface area contributed by atoms with Crippen molar-refractivity contribution in [2.45, 2.75) is 38.5 Å². The van der Waals surface area contributed by atoms with Gasteiger partial charge in [0.15, 0.2) is 0 Å². The second kappa shape index (κ2) is 7.95. The lowest BCUT2D eigenvalue weighted by atomic mass is 9.78. The van der Waals surface area contributed by atoms with E-state index in [4.69, 9.17) is 20.9 Å². The summed E-state index contributed by atoms with van der Waals surface area (Å²) in [7, 11) is 3.27. The second-order valence-corrected chi connectivity index (χ2v) is 6.03. The van der Waals surface area contributed by atoms with Gasteiger partial charge in [0.05, 0.1) is 25.6 Å². The van der Waals surface area contributed by atoms with Crippen molar-refractivity contribution >= 4 is 11.4 Å². The molecule has 4 heteroatoms. The number of nitrogen functional groups attached to an aromatic ring is 2. The average Bonchev–Trinajstić information content (AvgIpc) is 2.59. The summed E-state index contributed by atoms with van der Waals surface area (Å²) in [5, 5.41) is 0. The van der Waals surface area contributed by atoms with Crippen LogP contribution in [-0.2, 0) is 0 Å². The van der Waals surface area contributed by atoms with E-state index >= 15 is 0 Å². The first-order valence-corrected chi connectivity index (χ1v) is 8.42. The van der Waals surface area contributed by atoms with Crippen LogP contribution in [0.2, 0.25) is 0 Å². The maximum Gasteiger partial charge on any atom is 0.141 e. The lowest BCUT2D eigenvalue weighted by Gasteiger charge is -2.27. The Morgan fingerprint density at radius 2 is 1.12 bits per heavy atom. The van der Waals surface area contributed by atoms with Crippen LogP contribution in [0.1, 0.15) is 49.7 Å². The molecule has 0 saturated carbocycles. The molecule has 0 radical (unpaired) electrons. The van der Waals surface area contributed by atoms with Crippen LogP contribution in [0.5, 0.6) is 11.5 Å². The molecule has 0 aromatic heterocycles. The van der Waals surface area contributed by atoms with E-state index in [2.05, 4.69) is 26.0 Å². The molecule has 0 aliphatic rings. The van der Waals surface area contributed by atoms with Crippen LogP contribution in [0.3, 0.4) is 0 Å².